The second kappa shape index (κ2) is 5.68. The van der Waals surface area contributed by atoms with E-state index in [1.165, 1.54) is 0 Å². The first-order valence-electron chi connectivity index (χ1n) is 7.06. The van der Waals surface area contributed by atoms with Crippen molar-refractivity contribution in [1.29, 1.82) is 0 Å². The summed E-state index contributed by atoms with van der Waals surface area (Å²) < 4.78 is 8.09. The number of rotatable bonds is 3. The van der Waals surface area contributed by atoms with E-state index in [1.54, 1.807) is 0 Å². The Balaban J connectivity index is 2.33. The van der Waals surface area contributed by atoms with E-state index in [4.69, 9.17) is 22.7 Å². The Labute approximate surface area is 134 Å². The maximum atomic E-state index is 12.7. The maximum Gasteiger partial charge on any atom is 0.333 e. The van der Waals surface area contributed by atoms with Crippen molar-refractivity contribution in [3.8, 4) is 12.3 Å². The van der Waals surface area contributed by atoms with Crippen LogP contribution in [0.25, 0.3) is 11.2 Å². The van der Waals surface area contributed by atoms with Crippen molar-refractivity contribution in [1.82, 2.24) is 18.8 Å². The Bertz CT molecular complexity index is 951. The predicted octanol–water partition coefficient (Wildman–Crippen LogP) is -3.07. The molecule has 6 N–H and O–H groups in total. The third-order valence-corrected chi connectivity index (χ3v) is 3.91. The molecule has 1 saturated heterocycles. The van der Waals surface area contributed by atoms with Gasteiger partial charge in [0.15, 0.2) is 17.4 Å². The average molecular weight is 336 g/mol. The number of hydrogen-bond acceptors (Lipinski definition) is 8. The van der Waals surface area contributed by atoms with Gasteiger partial charge in [-0.2, -0.15) is 9.66 Å². The summed E-state index contributed by atoms with van der Waals surface area (Å²) in [6, 6.07) is 0. The molecule has 3 heterocycles. The quantitative estimate of drug-likeness (QED) is 0.339. The predicted molar refractivity (Wildman–Crippen MR) is 83.3 cm³/mol. The van der Waals surface area contributed by atoms with Crippen molar-refractivity contribution >= 4 is 17.1 Å². The fourth-order valence-corrected chi connectivity index (χ4v) is 2.80. The smallest absolute Gasteiger partial charge is 0.333 e. The van der Waals surface area contributed by atoms with Crippen molar-refractivity contribution in [2.75, 3.05) is 18.2 Å². The summed E-state index contributed by atoms with van der Waals surface area (Å²) in [4.78, 5) is 29.0. The second-order valence-corrected chi connectivity index (χ2v) is 5.39. The Morgan fingerprint density at radius 2 is 2.17 bits per heavy atom. The van der Waals surface area contributed by atoms with Gasteiger partial charge in [-0.1, -0.05) is 5.92 Å². The highest BCUT2D eigenvalue weighted by Crippen LogP contribution is 2.29. The molecule has 0 saturated carbocycles. The van der Waals surface area contributed by atoms with Crippen LogP contribution in [0.4, 0.5) is 5.95 Å². The van der Waals surface area contributed by atoms with Gasteiger partial charge < -0.3 is 26.5 Å². The number of hydrogen-bond donors (Lipinski definition) is 4. The van der Waals surface area contributed by atoms with Gasteiger partial charge in [0.05, 0.1) is 19.3 Å². The van der Waals surface area contributed by atoms with Crippen LogP contribution < -0.4 is 22.8 Å². The Kier molecular flexibility index (Phi) is 3.80. The van der Waals surface area contributed by atoms with Gasteiger partial charge in [-0.15, -0.1) is 6.42 Å². The highest BCUT2D eigenvalue weighted by molar-refractivity contribution is 5.72. The number of aliphatic hydroxyl groups is 2. The van der Waals surface area contributed by atoms with Crippen LogP contribution in [0.15, 0.2) is 9.59 Å². The van der Waals surface area contributed by atoms with E-state index in [1.807, 2.05) is 0 Å². The molecule has 0 aromatic carbocycles. The molecule has 0 spiro atoms. The minimum absolute atomic E-state index is 0.0953. The van der Waals surface area contributed by atoms with Crippen LogP contribution in [0, 0.1) is 12.3 Å². The highest BCUT2D eigenvalue weighted by atomic mass is 16.5. The van der Waals surface area contributed by atoms with Crippen LogP contribution in [0.5, 0.6) is 0 Å². The summed E-state index contributed by atoms with van der Waals surface area (Å²) in [5, 5.41) is 19.3. The first-order chi connectivity index (χ1) is 11.4. The average Bonchev–Trinajstić information content (AvgIpc) is 3.04. The minimum Gasteiger partial charge on any atom is -0.394 e. The number of terminal acetylenes is 1. The van der Waals surface area contributed by atoms with Gasteiger partial charge in [-0.3, -0.25) is 9.36 Å². The SMILES string of the molecule is C#CCn1c(=O)n([C@@H]2O[C@H](CO)C[C@H]2O)c2nc(N)n(N)c(=O)c21. The molecular weight excluding hydrogens is 320 g/mol. The van der Waals surface area contributed by atoms with E-state index in [9.17, 15) is 19.8 Å². The molecule has 2 aromatic rings. The first kappa shape index (κ1) is 16.1. The number of anilines is 1. The number of nitrogens with two attached hydrogens (primary N) is 2. The van der Waals surface area contributed by atoms with Crippen LogP contribution in [0.1, 0.15) is 12.6 Å². The number of aliphatic hydroxyl groups excluding tert-OH is 2. The molecule has 0 bridgehead atoms. The molecule has 0 amide bonds. The van der Waals surface area contributed by atoms with E-state index in [-0.39, 0.29) is 36.7 Å². The monoisotopic (exact) mass is 336 g/mol. The zero-order valence-corrected chi connectivity index (χ0v) is 12.5. The number of imidazole rings is 1. The molecule has 3 rings (SSSR count). The zero-order chi connectivity index (χ0) is 17.6. The molecule has 3 atom stereocenters. The summed E-state index contributed by atoms with van der Waals surface area (Å²) in [6.45, 7) is -0.522. The van der Waals surface area contributed by atoms with Gasteiger partial charge in [-0.25, -0.2) is 9.36 Å². The zero-order valence-electron chi connectivity index (χ0n) is 12.5. The van der Waals surface area contributed by atoms with Gasteiger partial charge in [-0.05, 0) is 0 Å². The molecule has 0 unspecified atom stereocenters. The largest absolute Gasteiger partial charge is 0.394 e. The lowest BCUT2D eigenvalue weighted by molar-refractivity contribution is -0.0505. The molecule has 0 aliphatic carbocycles. The molecule has 1 aliphatic rings. The highest BCUT2D eigenvalue weighted by Gasteiger charge is 2.38. The standard InChI is InChI=1S/C13H16N6O5/c1-2-3-17-8-9(16-12(14)19(15)10(8)22)18(13(17)23)11-7(21)4-6(5-20)24-11/h1,6-7,11,20-21H,3-5,15H2,(H2,14,16)/t6-,7+,11+/m0/s1. The molecule has 2 aromatic heterocycles. The van der Waals surface area contributed by atoms with Crippen molar-refractivity contribution in [3.63, 3.8) is 0 Å². The fraction of sp³-hybridized carbons (Fsp3) is 0.462. The van der Waals surface area contributed by atoms with E-state index in [0.29, 0.717) is 4.68 Å². The molecular formula is C13H16N6O5. The number of fused-ring (bicyclic) bond motifs is 1. The Hall–Kier alpha value is -2.81. The van der Waals surface area contributed by atoms with E-state index < -0.39 is 29.7 Å². The minimum atomic E-state index is -1.13. The summed E-state index contributed by atoms with van der Waals surface area (Å²) in [6.07, 6.45) is 2.53. The first-order valence-corrected chi connectivity index (χ1v) is 7.06. The Morgan fingerprint density at radius 3 is 2.75 bits per heavy atom. The van der Waals surface area contributed by atoms with Gasteiger partial charge in [0.1, 0.15) is 6.10 Å². The van der Waals surface area contributed by atoms with E-state index in [0.717, 1.165) is 9.13 Å². The van der Waals surface area contributed by atoms with Crippen LogP contribution >= 0.6 is 0 Å². The molecule has 11 nitrogen and oxygen atoms in total. The van der Waals surface area contributed by atoms with E-state index >= 15 is 0 Å². The normalized spacial score (nSPS) is 23.6. The lowest BCUT2D eigenvalue weighted by Crippen LogP contribution is -2.32. The van der Waals surface area contributed by atoms with Gasteiger partial charge >= 0.3 is 5.69 Å². The lowest BCUT2D eigenvalue weighted by atomic mass is 10.2. The number of nitrogens with zero attached hydrogens (tertiary/aromatic N) is 4. The lowest BCUT2D eigenvalue weighted by Gasteiger charge is -2.15. The van der Waals surface area contributed by atoms with Crippen molar-refractivity contribution in [3.05, 3.63) is 20.8 Å². The second-order valence-electron chi connectivity index (χ2n) is 5.39. The summed E-state index contributed by atoms with van der Waals surface area (Å²) in [5.41, 5.74) is 3.91. The maximum absolute atomic E-state index is 12.7. The molecule has 128 valence electrons. The number of aromatic nitrogens is 4. The van der Waals surface area contributed by atoms with Crippen molar-refractivity contribution in [2.45, 2.75) is 31.4 Å². The van der Waals surface area contributed by atoms with Crippen LogP contribution in [0.3, 0.4) is 0 Å². The van der Waals surface area contributed by atoms with Crippen molar-refractivity contribution in [2.24, 2.45) is 0 Å². The number of ether oxygens (including phenoxy) is 1. The van der Waals surface area contributed by atoms with Crippen molar-refractivity contribution < 1.29 is 14.9 Å². The van der Waals surface area contributed by atoms with Gasteiger partial charge in [0, 0.05) is 6.42 Å². The summed E-state index contributed by atoms with van der Waals surface area (Å²) in [5.74, 6) is 7.48. The molecule has 11 heteroatoms. The molecule has 1 aliphatic heterocycles. The molecule has 1 fully saturated rings. The Morgan fingerprint density at radius 1 is 1.46 bits per heavy atom. The van der Waals surface area contributed by atoms with Gasteiger partial charge in [0.2, 0.25) is 5.95 Å². The third kappa shape index (κ3) is 2.16. The van der Waals surface area contributed by atoms with Crippen LogP contribution in [0.2, 0.25) is 0 Å². The fourth-order valence-electron chi connectivity index (χ4n) is 2.80. The topological polar surface area (TPSA) is 164 Å². The number of nitrogen functional groups attached to an aromatic ring is 2. The molecule has 0 radical (unpaired) electrons. The molecule has 24 heavy (non-hydrogen) atoms. The summed E-state index contributed by atoms with van der Waals surface area (Å²) in [7, 11) is 0. The summed E-state index contributed by atoms with van der Waals surface area (Å²) >= 11 is 0. The van der Waals surface area contributed by atoms with Crippen LogP contribution in [-0.4, -0.2) is 47.8 Å². The van der Waals surface area contributed by atoms with Crippen LogP contribution in [-0.2, 0) is 11.3 Å². The van der Waals surface area contributed by atoms with E-state index in [2.05, 4.69) is 10.9 Å². The van der Waals surface area contributed by atoms with Gasteiger partial charge in [0.25, 0.3) is 5.56 Å². The third-order valence-electron chi connectivity index (χ3n) is 3.91.